The Bertz CT molecular complexity index is 699. The first-order valence-electron chi connectivity index (χ1n) is 10.2. The number of aryl methyl sites for hydroxylation is 2. The Morgan fingerprint density at radius 2 is 1.41 bits per heavy atom. The van der Waals surface area contributed by atoms with Crippen molar-refractivity contribution in [3.05, 3.63) is 77.4 Å². The van der Waals surface area contributed by atoms with Gasteiger partial charge < -0.3 is 15.3 Å². The van der Waals surface area contributed by atoms with Crippen LogP contribution in [-0.2, 0) is 12.8 Å². The van der Waals surface area contributed by atoms with Gasteiger partial charge in [0.1, 0.15) is 0 Å². The molecule has 0 amide bonds. The Morgan fingerprint density at radius 1 is 0.793 bits per heavy atom. The van der Waals surface area contributed by atoms with Crippen molar-refractivity contribution in [1.29, 1.82) is 0 Å². The molecule has 0 atom stereocenters. The number of hydrogen-bond donors (Lipinski definition) is 0. The summed E-state index contributed by atoms with van der Waals surface area (Å²) < 4.78 is 0. The molecule has 0 radical (unpaired) electrons. The fourth-order valence-electron chi connectivity index (χ4n) is 3.40. The summed E-state index contributed by atoms with van der Waals surface area (Å²) >= 11 is 0. The highest BCUT2D eigenvalue weighted by Crippen LogP contribution is 2.25. The van der Waals surface area contributed by atoms with Gasteiger partial charge in [0.25, 0.3) is 0 Å². The van der Waals surface area contributed by atoms with E-state index in [1.807, 2.05) is 0 Å². The summed E-state index contributed by atoms with van der Waals surface area (Å²) in [5.74, 6) is 0. The molecule has 2 aromatic rings. The average molecular weight is 419 g/mol. The molecule has 0 bridgehead atoms. The summed E-state index contributed by atoms with van der Waals surface area (Å²) in [6.07, 6.45) is 8.12. The van der Waals surface area contributed by atoms with Crippen LogP contribution in [0.4, 0.5) is 0 Å². The van der Waals surface area contributed by atoms with E-state index in [-0.39, 0.29) is 17.9 Å². The lowest BCUT2D eigenvalue weighted by Gasteiger charge is -2.16. The monoisotopic (exact) mass is 418 g/mol. The van der Waals surface area contributed by atoms with Crippen molar-refractivity contribution in [2.24, 2.45) is 0 Å². The van der Waals surface area contributed by atoms with Gasteiger partial charge in [0.15, 0.2) is 0 Å². The number of allylic oxidation sites excluding steroid dienone is 1. The number of nitrogens with zero attached hydrogens (tertiary/aromatic N) is 2. The zero-order chi connectivity index (χ0) is 19.5. The minimum atomic E-state index is 0. The van der Waals surface area contributed by atoms with Crippen LogP contribution in [0.3, 0.4) is 0 Å². The number of hydrogen-bond acceptors (Lipinski definition) is 2. The van der Waals surface area contributed by atoms with Crippen LogP contribution in [0.1, 0.15) is 36.0 Å². The third kappa shape index (κ3) is 10.6. The van der Waals surface area contributed by atoms with Gasteiger partial charge in [0.2, 0.25) is 0 Å². The van der Waals surface area contributed by atoms with Crippen molar-refractivity contribution in [2.75, 3.05) is 41.3 Å². The third-order valence-corrected chi connectivity index (χ3v) is 4.91. The van der Waals surface area contributed by atoms with E-state index in [2.05, 4.69) is 98.7 Å². The summed E-state index contributed by atoms with van der Waals surface area (Å²) in [5, 5.41) is 0. The van der Waals surface area contributed by atoms with E-state index in [9.17, 15) is 0 Å². The first-order chi connectivity index (χ1) is 13.1. The van der Waals surface area contributed by atoms with Gasteiger partial charge in [-0.15, -0.1) is 12.4 Å². The van der Waals surface area contributed by atoms with Crippen molar-refractivity contribution in [2.45, 2.75) is 32.1 Å². The lowest BCUT2D eigenvalue weighted by Crippen LogP contribution is -2.13. The largest absolute Gasteiger partial charge is 0.412 e. The molecule has 2 rings (SSSR count). The van der Waals surface area contributed by atoms with E-state index < -0.39 is 0 Å². The van der Waals surface area contributed by atoms with Gasteiger partial charge in [0.05, 0.1) is 0 Å². The van der Waals surface area contributed by atoms with Crippen LogP contribution < -0.4 is 0 Å². The normalized spacial score (nSPS) is 11.3. The average Bonchev–Trinajstić information content (AvgIpc) is 2.66. The van der Waals surface area contributed by atoms with Crippen molar-refractivity contribution in [3.63, 3.8) is 0 Å². The molecule has 0 saturated carbocycles. The second kappa shape index (κ2) is 15.2. The second-order valence-electron chi connectivity index (χ2n) is 7.87. The Balaban J connectivity index is 0.00000392. The van der Waals surface area contributed by atoms with Crippen molar-refractivity contribution >= 4 is 18.0 Å². The molecule has 0 spiro atoms. The van der Waals surface area contributed by atoms with Gasteiger partial charge in [-0.25, -0.2) is 0 Å². The highest BCUT2D eigenvalue weighted by molar-refractivity contribution is 5.85. The van der Waals surface area contributed by atoms with Gasteiger partial charge in [-0.2, -0.15) is 0 Å². The van der Waals surface area contributed by atoms with Gasteiger partial charge in [-0.05, 0) is 89.1 Å². The molecule has 2 N–H and O–H groups in total. The van der Waals surface area contributed by atoms with E-state index in [1.165, 1.54) is 28.7 Å². The van der Waals surface area contributed by atoms with Crippen LogP contribution in [0, 0.1) is 0 Å². The molecule has 0 aromatic heterocycles. The number of halogens is 1. The smallest absolute Gasteiger partial charge is 0.00100 e. The van der Waals surface area contributed by atoms with Crippen LogP contribution >= 0.6 is 12.4 Å². The standard InChI is InChI=1S/C25H36N2.ClH.H2O/c1-26(2)20-10-15-23(16-11-21-27(3)4)25-17-9-8-14-24(25)19-18-22-12-6-5-7-13-22;;/h5-9,12-15,17H,10-11,16,18-21H2,1-4H3;1H;1H2/b23-15-;;. The quantitative estimate of drug-likeness (QED) is 0.528. The summed E-state index contributed by atoms with van der Waals surface area (Å²) in [4.78, 5) is 4.54. The number of rotatable bonds is 11. The Kier molecular flexibility index (Phi) is 14.4. The summed E-state index contributed by atoms with van der Waals surface area (Å²) in [5.41, 5.74) is 5.86. The fraction of sp³-hybridized carbons (Fsp3) is 0.440. The fourth-order valence-corrected chi connectivity index (χ4v) is 3.40. The van der Waals surface area contributed by atoms with Crippen LogP contribution in [0.15, 0.2) is 60.7 Å². The first kappa shape index (κ1) is 27.4. The van der Waals surface area contributed by atoms with Gasteiger partial charge in [-0.1, -0.05) is 60.7 Å². The lowest BCUT2D eigenvalue weighted by molar-refractivity contribution is 0.402. The molecule has 0 aliphatic heterocycles. The van der Waals surface area contributed by atoms with Crippen LogP contribution in [0.2, 0.25) is 0 Å². The van der Waals surface area contributed by atoms with Gasteiger partial charge >= 0.3 is 0 Å². The van der Waals surface area contributed by atoms with E-state index in [4.69, 9.17) is 0 Å². The topological polar surface area (TPSA) is 38.0 Å². The van der Waals surface area contributed by atoms with Crippen LogP contribution in [-0.4, -0.2) is 56.6 Å². The maximum Gasteiger partial charge on any atom is 0.00100 e. The highest BCUT2D eigenvalue weighted by atomic mass is 35.5. The van der Waals surface area contributed by atoms with E-state index in [0.29, 0.717) is 0 Å². The molecule has 0 unspecified atom stereocenters. The summed E-state index contributed by atoms with van der Waals surface area (Å²) in [6, 6.07) is 19.8. The molecule has 29 heavy (non-hydrogen) atoms. The van der Waals surface area contributed by atoms with Crippen molar-refractivity contribution in [1.82, 2.24) is 9.80 Å². The zero-order valence-electron chi connectivity index (χ0n) is 18.5. The highest BCUT2D eigenvalue weighted by Gasteiger charge is 2.08. The SMILES string of the molecule is CN(C)CC/C=C(/CCCN(C)C)c1ccccc1CCc1ccccc1.Cl.O. The summed E-state index contributed by atoms with van der Waals surface area (Å²) in [7, 11) is 8.60. The zero-order valence-corrected chi connectivity index (χ0v) is 19.3. The predicted molar refractivity (Wildman–Crippen MR) is 130 cm³/mol. The lowest BCUT2D eigenvalue weighted by atomic mass is 9.92. The molecular weight excluding hydrogens is 380 g/mol. The molecule has 0 saturated heterocycles. The van der Waals surface area contributed by atoms with Crippen LogP contribution in [0.5, 0.6) is 0 Å². The van der Waals surface area contributed by atoms with E-state index >= 15 is 0 Å². The molecule has 0 aliphatic carbocycles. The third-order valence-electron chi connectivity index (χ3n) is 4.91. The Hall–Kier alpha value is -1.65. The molecule has 162 valence electrons. The molecule has 2 aromatic carbocycles. The van der Waals surface area contributed by atoms with Gasteiger partial charge in [0, 0.05) is 6.54 Å². The predicted octanol–water partition coefficient (Wildman–Crippen LogP) is 4.75. The second-order valence-corrected chi connectivity index (χ2v) is 7.87. The molecule has 0 aliphatic rings. The molecule has 0 heterocycles. The summed E-state index contributed by atoms with van der Waals surface area (Å²) in [6.45, 7) is 2.24. The minimum Gasteiger partial charge on any atom is -0.412 e. The maximum absolute atomic E-state index is 2.47. The minimum absolute atomic E-state index is 0. The van der Waals surface area contributed by atoms with E-state index in [0.717, 1.165) is 38.8 Å². The van der Waals surface area contributed by atoms with Crippen molar-refractivity contribution < 1.29 is 5.48 Å². The Morgan fingerprint density at radius 3 is 2.07 bits per heavy atom. The van der Waals surface area contributed by atoms with Gasteiger partial charge in [-0.3, -0.25) is 0 Å². The molecule has 0 fully saturated rings. The van der Waals surface area contributed by atoms with E-state index in [1.54, 1.807) is 0 Å². The Labute approximate surface area is 184 Å². The van der Waals surface area contributed by atoms with Crippen LogP contribution in [0.25, 0.3) is 5.57 Å². The maximum atomic E-state index is 2.47. The first-order valence-corrected chi connectivity index (χ1v) is 10.2. The van der Waals surface area contributed by atoms with Crippen molar-refractivity contribution in [3.8, 4) is 0 Å². The molecule has 3 nitrogen and oxygen atoms in total. The molecule has 4 heteroatoms. The number of benzene rings is 2. The molecular formula is C25H39ClN2O.